The van der Waals surface area contributed by atoms with Crippen LogP contribution in [0.5, 0.6) is 0 Å². The molecule has 0 spiro atoms. The van der Waals surface area contributed by atoms with E-state index in [1.807, 2.05) is 8.46 Å². The number of allylic oxidation sites excluding steroid dienone is 1. The van der Waals surface area contributed by atoms with E-state index >= 15 is 0 Å². The van der Waals surface area contributed by atoms with Crippen LogP contribution in [-0.2, 0) is 20.9 Å². The van der Waals surface area contributed by atoms with Gasteiger partial charge in [0.2, 0.25) is 0 Å². The zero-order chi connectivity index (χ0) is 23.0. The molecule has 3 atom stereocenters. The molecule has 2 aliphatic heterocycles. The predicted molar refractivity (Wildman–Crippen MR) is 145 cm³/mol. The second-order valence-corrected chi connectivity index (χ2v) is 25.2. The van der Waals surface area contributed by atoms with Gasteiger partial charge in [0.1, 0.15) is 0 Å². The zero-order valence-electron chi connectivity index (χ0n) is 20.9. The van der Waals surface area contributed by atoms with Gasteiger partial charge in [0, 0.05) is 0 Å². The Morgan fingerprint density at radius 3 is 2.33 bits per heavy atom. The fourth-order valence-corrected chi connectivity index (χ4v) is 33.1. The van der Waals surface area contributed by atoms with E-state index < -0.39 is 26.8 Å². The first kappa shape index (κ1) is 25.9. The van der Waals surface area contributed by atoms with Gasteiger partial charge < -0.3 is 24.8 Å². The Morgan fingerprint density at radius 2 is 1.56 bits per heavy atom. The molecule has 4 aromatic rings. The Hall–Kier alpha value is -1.70. The van der Waals surface area contributed by atoms with Crippen molar-refractivity contribution in [2.24, 2.45) is 5.92 Å². The first-order valence-electron chi connectivity index (χ1n) is 12.7. The third-order valence-electron chi connectivity index (χ3n) is 8.58. The van der Waals surface area contributed by atoms with E-state index in [1.165, 1.54) is 28.7 Å². The van der Waals surface area contributed by atoms with Crippen LogP contribution in [0.25, 0.3) is 28.3 Å². The van der Waals surface area contributed by atoms with Gasteiger partial charge >= 0.3 is 213 Å². The quantitative estimate of drug-likeness (QED) is 0.287. The number of hydrogen-bond acceptors (Lipinski definition) is 0. The fraction of sp³-hybridized carbons (Fsp3) is 0.188. The van der Waals surface area contributed by atoms with Gasteiger partial charge in [0.25, 0.3) is 0 Å². The summed E-state index contributed by atoms with van der Waals surface area (Å²) >= 11 is -1.94. The third kappa shape index (κ3) is 3.56. The molecule has 0 saturated carbocycles. The molecule has 0 fully saturated rings. The van der Waals surface area contributed by atoms with Crippen molar-refractivity contribution in [3.8, 4) is 22.3 Å². The van der Waals surface area contributed by atoms with Crippen molar-refractivity contribution in [1.82, 2.24) is 0 Å². The van der Waals surface area contributed by atoms with Crippen molar-refractivity contribution in [3.05, 3.63) is 107 Å². The Labute approximate surface area is 235 Å². The maximum Gasteiger partial charge on any atom is -1.00 e. The summed E-state index contributed by atoms with van der Waals surface area (Å²) in [6.07, 6.45) is 3.87. The number of rotatable bonds is 4. The van der Waals surface area contributed by atoms with E-state index in [9.17, 15) is 0 Å². The molecule has 3 aliphatic rings. The van der Waals surface area contributed by atoms with Gasteiger partial charge in [-0.3, -0.25) is 0 Å². The summed E-state index contributed by atoms with van der Waals surface area (Å²) in [6.45, 7) is 7.14. The number of hydrogen-bond donors (Lipinski definition) is 0. The van der Waals surface area contributed by atoms with E-state index in [0.29, 0.717) is 9.54 Å². The number of aryl methyl sites for hydroxylation is 1. The van der Waals surface area contributed by atoms with E-state index in [4.69, 9.17) is 0 Å². The molecule has 2 heterocycles. The van der Waals surface area contributed by atoms with E-state index in [1.54, 1.807) is 27.5 Å². The first-order chi connectivity index (χ1) is 16.7. The molecular formula is C32H29Cl2SiZr. The fourth-order valence-electron chi connectivity index (χ4n) is 6.81. The second kappa shape index (κ2) is 9.88. The molecular weight excluding hydrogens is 575 g/mol. The van der Waals surface area contributed by atoms with Gasteiger partial charge in [-0.1, -0.05) is 0 Å². The van der Waals surface area contributed by atoms with Gasteiger partial charge in [-0.05, 0) is 0 Å². The van der Waals surface area contributed by atoms with Gasteiger partial charge in [-0.2, -0.15) is 0 Å². The Bertz CT molecular complexity index is 1490. The minimum atomic E-state index is -1.94. The average molecular weight is 604 g/mol. The summed E-state index contributed by atoms with van der Waals surface area (Å²) in [4.78, 5) is 0. The van der Waals surface area contributed by atoms with Gasteiger partial charge in [-0.15, -0.1) is 0 Å². The Morgan fingerprint density at radius 1 is 0.833 bits per heavy atom. The van der Waals surface area contributed by atoms with Gasteiger partial charge in [-0.25, -0.2) is 0 Å². The van der Waals surface area contributed by atoms with Crippen LogP contribution < -0.4 is 38.5 Å². The zero-order valence-corrected chi connectivity index (χ0v) is 26.0. The molecule has 36 heavy (non-hydrogen) atoms. The maximum absolute atomic E-state index is 2.65. The van der Waals surface area contributed by atoms with Crippen molar-refractivity contribution >= 4 is 25.6 Å². The monoisotopic (exact) mass is 601 g/mol. The molecule has 0 bridgehead atoms. The summed E-state index contributed by atoms with van der Waals surface area (Å²) in [5.74, 6) is -0.401. The van der Waals surface area contributed by atoms with Crippen molar-refractivity contribution in [1.29, 1.82) is 0 Å². The van der Waals surface area contributed by atoms with Crippen LogP contribution in [-0.4, -0.2) is 5.92 Å². The van der Waals surface area contributed by atoms with Crippen molar-refractivity contribution in [2.75, 3.05) is 0 Å². The van der Waals surface area contributed by atoms with Crippen LogP contribution in [0.1, 0.15) is 40.6 Å². The smallest absolute Gasteiger partial charge is 1.00 e. The summed E-state index contributed by atoms with van der Waals surface area (Å²) in [7, 11) is 0. The van der Waals surface area contributed by atoms with Crippen LogP contribution in [0.4, 0.5) is 0 Å². The number of halogens is 2. The number of benzene rings is 4. The Balaban J connectivity index is 0.00000133. The molecule has 179 valence electrons. The summed E-state index contributed by atoms with van der Waals surface area (Å²) in [5.41, 5.74) is 12.3. The second-order valence-electron chi connectivity index (χ2n) is 10.3. The van der Waals surface area contributed by atoms with Crippen LogP contribution >= 0.6 is 0 Å². The summed E-state index contributed by atoms with van der Waals surface area (Å²) in [6, 6.07) is 32.7. The van der Waals surface area contributed by atoms with Gasteiger partial charge in [0.15, 0.2) is 0 Å². The predicted octanol–water partition coefficient (Wildman–Crippen LogP) is -0.0701. The molecule has 4 heteroatoms. The topological polar surface area (TPSA) is 0 Å². The normalized spacial score (nSPS) is 18.6. The summed E-state index contributed by atoms with van der Waals surface area (Å²) in [5, 5.41) is 3.59. The molecule has 0 saturated heterocycles. The molecule has 4 aromatic carbocycles. The van der Waals surface area contributed by atoms with E-state index in [-0.39, 0.29) is 24.8 Å². The van der Waals surface area contributed by atoms with Crippen LogP contribution in [0, 0.1) is 12.8 Å². The molecule has 1 aliphatic carbocycles. The third-order valence-corrected chi connectivity index (χ3v) is 30.8. The molecule has 0 N–H and O–H groups in total. The SMILES string of the molecule is CCC(C)C1=Cc2c(ccc(C)c2-c2ccccc2)[CH]1[Zr+2]1[c]2cccc3c2[SiH]1c1ccccc1-3.[Cl-].[Cl-]. The van der Waals surface area contributed by atoms with Crippen molar-refractivity contribution in [2.45, 2.75) is 30.8 Å². The first-order valence-corrected chi connectivity index (χ1v) is 21.3. The minimum absolute atomic E-state index is 0. The molecule has 0 amide bonds. The summed E-state index contributed by atoms with van der Waals surface area (Å²) < 4.78 is 2.54. The maximum atomic E-state index is 2.65. The van der Waals surface area contributed by atoms with Gasteiger partial charge in [0.05, 0.1) is 0 Å². The Kier molecular flexibility index (Phi) is 7.12. The molecule has 0 radical (unpaired) electrons. The van der Waals surface area contributed by atoms with E-state index in [2.05, 4.69) is 112 Å². The van der Waals surface area contributed by atoms with Crippen LogP contribution in [0.2, 0.25) is 0 Å². The molecule has 0 aromatic heterocycles. The largest absolute Gasteiger partial charge is 1.00 e. The standard InChI is InChI=1S/C20H21.C12H8Si.2ClH.Zr/c1-4-14(2)18-12-17-11-10-15(3)20(19(17)13-18)16-8-6-5-7-9-16;1-3-7-11-9(5-1)10-6-2-4-8-12(10)13-11;;;/h5-14H,4H2,1-3H3;1-7,13H;2*1H;/q;;;;+2/p-2. The molecule has 0 nitrogen and oxygen atoms in total. The molecule has 7 rings (SSSR count). The molecule has 3 unspecified atom stereocenters. The average Bonchev–Trinajstić information content (AvgIpc) is 3.39. The minimum Gasteiger partial charge on any atom is -1.00 e. The van der Waals surface area contributed by atoms with Crippen LogP contribution in [0.15, 0.2) is 90.5 Å². The van der Waals surface area contributed by atoms with Crippen LogP contribution in [0.3, 0.4) is 0 Å². The van der Waals surface area contributed by atoms with Crippen molar-refractivity contribution < 1.29 is 45.7 Å². The van der Waals surface area contributed by atoms with Crippen molar-refractivity contribution in [3.63, 3.8) is 0 Å². The number of fused-ring (bicyclic) bond motifs is 4. The van der Waals surface area contributed by atoms with E-state index in [0.717, 1.165) is 0 Å².